The van der Waals surface area contributed by atoms with Crippen LogP contribution in [0.1, 0.15) is 39.7 Å². The summed E-state index contributed by atoms with van der Waals surface area (Å²) in [4.78, 5) is 17.6. The minimum Gasteiger partial charge on any atom is -0.494 e. The van der Waals surface area contributed by atoms with Gasteiger partial charge in [-0.3, -0.25) is 4.79 Å². The third-order valence-electron chi connectivity index (χ3n) is 6.12. The quantitative estimate of drug-likeness (QED) is 0.331. The average Bonchev–Trinajstić information content (AvgIpc) is 3.53. The second-order valence-electron chi connectivity index (χ2n) is 8.77. The van der Waals surface area contributed by atoms with Gasteiger partial charge in [0.2, 0.25) is 0 Å². The van der Waals surface area contributed by atoms with E-state index in [0.717, 1.165) is 45.0 Å². The minimum absolute atomic E-state index is 0.125. The number of nitrogens with one attached hydrogen (secondary N) is 1. The Kier molecular flexibility index (Phi) is 6.54. The van der Waals surface area contributed by atoms with Crippen molar-refractivity contribution in [3.63, 3.8) is 0 Å². The zero-order valence-corrected chi connectivity index (χ0v) is 20.7. The molecule has 1 amide bonds. The number of ether oxygens (including phenoxy) is 1. The summed E-state index contributed by atoms with van der Waals surface area (Å²) in [6.07, 6.45) is 3.98. The number of fused-ring (bicyclic) bond motifs is 1. The number of benzene rings is 2. The fourth-order valence-electron chi connectivity index (χ4n) is 4.42. The Morgan fingerprint density at radius 2 is 1.75 bits per heavy atom. The molecule has 0 unspecified atom stereocenters. The van der Waals surface area contributed by atoms with Crippen molar-refractivity contribution in [1.82, 2.24) is 24.6 Å². The van der Waals surface area contributed by atoms with Crippen LogP contribution < -0.4 is 10.1 Å². The topological polar surface area (TPSA) is 74.0 Å². The Labute approximate surface area is 210 Å². The molecule has 0 aliphatic rings. The SMILES string of the molecule is CCOc1ccccc1CNC(=O)c1ccc(Cn2nc(-n3cccc3)c3c(C)cc(C)nc32)cc1. The largest absolute Gasteiger partial charge is 0.494 e. The number of amides is 1. The molecule has 1 N–H and O–H groups in total. The average molecular weight is 480 g/mol. The van der Waals surface area contributed by atoms with E-state index >= 15 is 0 Å². The smallest absolute Gasteiger partial charge is 0.251 e. The molecule has 7 heteroatoms. The Morgan fingerprint density at radius 1 is 1.00 bits per heavy atom. The summed E-state index contributed by atoms with van der Waals surface area (Å²) < 4.78 is 9.60. The Morgan fingerprint density at radius 3 is 2.50 bits per heavy atom. The summed E-state index contributed by atoms with van der Waals surface area (Å²) in [5, 5.41) is 8.93. The van der Waals surface area contributed by atoms with Gasteiger partial charge in [-0.2, -0.15) is 5.10 Å². The lowest BCUT2D eigenvalue weighted by Crippen LogP contribution is -2.23. The van der Waals surface area contributed by atoms with E-state index in [9.17, 15) is 4.79 Å². The maximum absolute atomic E-state index is 12.8. The van der Waals surface area contributed by atoms with E-state index in [1.165, 1.54) is 0 Å². The molecular formula is C29H29N5O2. The number of pyridine rings is 1. The van der Waals surface area contributed by atoms with Gasteiger partial charge in [0, 0.05) is 35.8 Å². The normalized spacial score (nSPS) is 11.1. The van der Waals surface area contributed by atoms with Crippen molar-refractivity contribution in [1.29, 1.82) is 0 Å². The molecule has 0 bridgehead atoms. The molecular weight excluding hydrogens is 450 g/mol. The molecule has 0 fully saturated rings. The number of aromatic nitrogens is 4. The predicted octanol–water partition coefficient (Wildman–Crippen LogP) is 5.22. The first-order chi connectivity index (χ1) is 17.5. The van der Waals surface area contributed by atoms with Gasteiger partial charge in [0.05, 0.1) is 18.5 Å². The fraction of sp³-hybridized carbons (Fsp3) is 0.207. The van der Waals surface area contributed by atoms with Gasteiger partial charge in [-0.25, -0.2) is 9.67 Å². The van der Waals surface area contributed by atoms with E-state index in [4.69, 9.17) is 14.8 Å². The molecule has 0 aliphatic carbocycles. The van der Waals surface area contributed by atoms with Gasteiger partial charge in [0.1, 0.15) is 5.75 Å². The molecule has 5 rings (SSSR count). The zero-order valence-electron chi connectivity index (χ0n) is 20.7. The van der Waals surface area contributed by atoms with Gasteiger partial charge < -0.3 is 14.6 Å². The first kappa shape index (κ1) is 23.4. The number of rotatable bonds is 8. The van der Waals surface area contributed by atoms with Crippen LogP contribution in [0.2, 0.25) is 0 Å². The number of carbonyl (C=O) groups is 1. The van der Waals surface area contributed by atoms with Crippen molar-refractivity contribution < 1.29 is 9.53 Å². The molecule has 2 aromatic carbocycles. The van der Waals surface area contributed by atoms with Crippen LogP contribution in [0.4, 0.5) is 0 Å². The van der Waals surface area contributed by atoms with Crippen LogP contribution in [0, 0.1) is 13.8 Å². The molecule has 3 heterocycles. The van der Waals surface area contributed by atoms with E-state index in [1.54, 1.807) is 0 Å². The highest BCUT2D eigenvalue weighted by Crippen LogP contribution is 2.26. The molecule has 0 saturated carbocycles. The van der Waals surface area contributed by atoms with E-state index < -0.39 is 0 Å². The van der Waals surface area contributed by atoms with Crippen LogP contribution in [-0.2, 0) is 13.1 Å². The van der Waals surface area contributed by atoms with E-state index in [2.05, 4.69) is 18.3 Å². The monoisotopic (exact) mass is 479 g/mol. The lowest BCUT2D eigenvalue weighted by atomic mass is 10.1. The zero-order chi connectivity index (χ0) is 25.1. The summed E-state index contributed by atoms with van der Waals surface area (Å²) in [5.41, 5.74) is 5.55. The maximum atomic E-state index is 12.8. The molecule has 182 valence electrons. The Hall–Kier alpha value is -4.39. The number of nitrogens with zero attached hydrogens (tertiary/aromatic N) is 4. The van der Waals surface area contributed by atoms with Crippen molar-refractivity contribution in [2.45, 2.75) is 33.9 Å². The van der Waals surface area contributed by atoms with Crippen LogP contribution in [0.15, 0.2) is 79.1 Å². The van der Waals surface area contributed by atoms with E-state index in [0.29, 0.717) is 25.3 Å². The van der Waals surface area contributed by atoms with Crippen LogP contribution >= 0.6 is 0 Å². The molecule has 0 saturated heterocycles. The lowest BCUT2D eigenvalue weighted by Gasteiger charge is -2.11. The first-order valence-electron chi connectivity index (χ1n) is 12.1. The van der Waals surface area contributed by atoms with Crippen molar-refractivity contribution in [3.05, 3.63) is 107 Å². The number of aryl methyl sites for hydroxylation is 2. The number of hydrogen-bond donors (Lipinski definition) is 1. The minimum atomic E-state index is -0.125. The van der Waals surface area contributed by atoms with Crippen molar-refractivity contribution in [2.24, 2.45) is 0 Å². The Bertz CT molecular complexity index is 1500. The molecule has 0 spiro atoms. The highest BCUT2D eigenvalue weighted by Gasteiger charge is 2.16. The molecule has 5 aromatic rings. The summed E-state index contributed by atoms with van der Waals surface area (Å²) in [6, 6.07) is 21.4. The van der Waals surface area contributed by atoms with Gasteiger partial charge >= 0.3 is 0 Å². The molecule has 36 heavy (non-hydrogen) atoms. The van der Waals surface area contributed by atoms with Crippen molar-refractivity contribution in [3.8, 4) is 11.6 Å². The number of carbonyl (C=O) groups excluding carboxylic acids is 1. The van der Waals surface area contributed by atoms with Crippen molar-refractivity contribution >= 4 is 16.9 Å². The summed E-state index contributed by atoms with van der Waals surface area (Å²) >= 11 is 0. The number of para-hydroxylation sites is 1. The third-order valence-corrected chi connectivity index (χ3v) is 6.12. The lowest BCUT2D eigenvalue weighted by molar-refractivity contribution is 0.0950. The molecule has 0 radical (unpaired) electrons. The van der Waals surface area contributed by atoms with Gasteiger partial charge in [-0.15, -0.1) is 0 Å². The fourth-order valence-corrected chi connectivity index (χ4v) is 4.42. The molecule has 0 aliphatic heterocycles. The van der Waals surface area contributed by atoms with E-state index in [-0.39, 0.29) is 5.91 Å². The second-order valence-corrected chi connectivity index (χ2v) is 8.77. The molecule has 0 atom stereocenters. The highest BCUT2D eigenvalue weighted by molar-refractivity contribution is 5.94. The van der Waals surface area contributed by atoms with Crippen LogP contribution in [-0.4, -0.2) is 31.8 Å². The van der Waals surface area contributed by atoms with Crippen LogP contribution in [0.25, 0.3) is 16.9 Å². The number of hydrogen-bond acceptors (Lipinski definition) is 4. The van der Waals surface area contributed by atoms with Gasteiger partial charge in [-0.05, 0) is 68.3 Å². The second kappa shape index (κ2) is 10.1. The van der Waals surface area contributed by atoms with Gasteiger partial charge in [0.25, 0.3) is 5.91 Å². The molecule has 3 aromatic heterocycles. The third kappa shape index (κ3) is 4.73. The first-order valence-corrected chi connectivity index (χ1v) is 12.1. The standard InChI is InChI=1S/C29H29N5O2/c1-4-36-25-10-6-5-9-24(25)18-30-29(35)23-13-11-22(12-14-23)19-34-27-26(20(2)17-21(3)31-27)28(32-34)33-15-7-8-16-33/h5-17H,4,18-19H2,1-3H3,(H,30,35). The van der Waals surface area contributed by atoms with Gasteiger partial charge in [-0.1, -0.05) is 30.3 Å². The Balaban J connectivity index is 1.34. The van der Waals surface area contributed by atoms with Crippen LogP contribution in [0.5, 0.6) is 5.75 Å². The highest BCUT2D eigenvalue weighted by atomic mass is 16.5. The molecule has 7 nitrogen and oxygen atoms in total. The van der Waals surface area contributed by atoms with Crippen LogP contribution in [0.3, 0.4) is 0 Å². The summed E-state index contributed by atoms with van der Waals surface area (Å²) in [5.74, 6) is 1.53. The maximum Gasteiger partial charge on any atom is 0.251 e. The van der Waals surface area contributed by atoms with Gasteiger partial charge in [0.15, 0.2) is 11.5 Å². The summed E-state index contributed by atoms with van der Waals surface area (Å²) in [7, 11) is 0. The predicted molar refractivity (Wildman–Crippen MR) is 141 cm³/mol. The van der Waals surface area contributed by atoms with Crippen molar-refractivity contribution in [2.75, 3.05) is 6.61 Å². The summed E-state index contributed by atoms with van der Waals surface area (Å²) in [6.45, 7) is 7.58. The van der Waals surface area contributed by atoms with E-state index in [1.807, 2.05) is 96.2 Å².